The van der Waals surface area contributed by atoms with Crippen molar-refractivity contribution < 1.29 is 0 Å². The van der Waals surface area contributed by atoms with Gasteiger partial charge in [0.1, 0.15) is 0 Å². The number of hydrogen-bond acceptors (Lipinski definition) is 3. The molecular weight excluding hydrogens is 234 g/mol. The summed E-state index contributed by atoms with van der Waals surface area (Å²) in [5.41, 5.74) is 1.37. The van der Waals surface area contributed by atoms with Gasteiger partial charge in [-0.05, 0) is 37.1 Å². The second-order valence-electron chi connectivity index (χ2n) is 6.02. The summed E-state index contributed by atoms with van der Waals surface area (Å²) < 4.78 is 0. The van der Waals surface area contributed by atoms with Crippen LogP contribution in [0, 0.1) is 11.8 Å². The third kappa shape index (κ3) is 3.10. The van der Waals surface area contributed by atoms with Gasteiger partial charge in [-0.25, -0.2) is 0 Å². The Labute approximate surface area is 116 Å². The predicted molar refractivity (Wildman–Crippen MR) is 80.6 cm³/mol. The van der Waals surface area contributed by atoms with Crippen LogP contribution in [0.15, 0.2) is 30.3 Å². The van der Waals surface area contributed by atoms with Crippen molar-refractivity contribution in [3.8, 4) is 0 Å². The molecule has 0 radical (unpaired) electrons. The molecule has 3 nitrogen and oxygen atoms in total. The molecule has 2 aliphatic rings. The van der Waals surface area contributed by atoms with E-state index >= 15 is 0 Å². The Balaban J connectivity index is 1.49. The third-order valence-electron chi connectivity index (χ3n) is 4.66. The minimum absolute atomic E-state index is 0.840. The van der Waals surface area contributed by atoms with Gasteiger partial charge in [-0.15, -0.1) is 0 Å². The second-order valence-corrected chi connectivity index (χ2v) is 6.02. The van der Waals surface area contributed by atoms with Crippen LogP contribution in [0.5, 0.6) is 0 Å². The Bertz CT molecular complexity index is 384. The smallest absolute Gasteiger partial charge is 0.0367 e. The number of anilines is 1. The number of rotatable bonds is 3. The second kappa shape index (κ2) is 5.93. The fourth-order valence-corrected chi connectivity index (χ4v) is 3.27. The molecule has 1 N–H and O–H groups in total. The van der Waals surface area contributed by atoms with Crippen LogP contribution in [-0.2, 0) is 0 Å². The van der Waals surface area contributed by atoms with Crippen LogP contribution >= 0.6 is 0 Å². The molecular formula is C16H25N3. The quantitative estimate of drug-likeness (QED) is 0.891. The van der Waals surface area contributed by atoms with Gasteiger partial charge in [-0.2, -0.15) is 0 Å². The Morgan fingerprint density at radius 3 is 2.42 bits per heavy atom. The number of hydrogen-bond donors (Lipinski definition) is 1. The van der Waals surface area contributed by atoms with Gasteiger partial charge in [-0.1, -0.05) is 25.1 Å². The van der Waals surface area contributed by atoms with Gasteiger partial charge in [0.05, 0.1) is 0 Å². The molecule has 104 valence electrons. The average molecular weight is 259 g/mol. The SMILES string of the molecule is CC1CNCC1CN1CCN(c2ccccc2)CC1. The van der Waals surface area contributed by atoms with E-state index in [1.54, 1.807) is 0 Å². The monoisotopic (exact) mass is 259 g/mol. The Kier molecular flexibility index (Phi) is 4.04. The van der Waals surface area contributed by atoms with Crippen LogP contribution < -0.4 is 10.2 Å². The minimum Gasteiger partial charge on any atom is -0.369 e. The van der Waals surface area contributed by atoms with Gasteiger partial charge < -0.3 is 10.2 Å². The van der Waals surface area contributed by atoms with Crippen molar-refractivity contribution in [3.05, 3.63) is 30.3 Å². The lowest BCUT2D eigenvalue weighted by Gasteiger charge is -2.37. The number of benzene rings is 1. The zero-order valence-electron chi connectivity index (χ0n) is 11.9. The van der Waals surface area contributed by atoms with Crippen molar-refractivity contribution in [1.82, 2.24) is 10.2 Å². The molecule has 2 saturated heterocycles. The molecule has 2 atom stereocenters. The van der Waals surface area contributed by atoms with Crippen molar-refractivity contribution in [2.75, 3.05) is 50.7 Å². The highest BCUT2D eigenvalue weighted by Gasteiger charge is 2.26. The maximum absolute atomic E-state index is 3.51. The summed E-state index contributed by atoms with van der Waals surface area (Å²) in [6, 6.07) is 10.8. The standard InChI is InChI=1S/C16H25N3/c1-14-11-17-12-15(14)13-18-7-9-19(10-8-18)16-5-3-2-4-6-16/h2-6,14-15,17H,7-13H2,1H3. The predicted octanol–water partition coefficient (Wildman–Crippen LogP) is 1.66. The van der Waals surface area contributed by atoms with Crippen LogP contribution in [-0.4, -0.2) is 50.7 Å². The molecule has 3 heteroatoms. The van der Waals surface area contributed by atoms with E-state index in [-0.39, 0.29) is 0 Å². The summed E-state index contributed by atoms with van der Waals surface area (Å²) in [5.74, 6) is 1.69. The molecule has 1 aromatic rings. The van der Waals surface area contributed by atoms with E-state index in [4.69, 9.17) is 0 Å². The molecule has 0 bridgehead atoms. The summed E-state index contributed by atoms with van der Waals surface area (Å²) in [5, 5.41) is 3.51. The van der Waals surface area contributed by atoms with Crippen LogP contribution in [0.3, 0.4) is 0 Å². The molecule has 2 unspecified atom stereocenters. The highest BCUT2D eigenvalue weighted by molar-refractivity contribution is 5.46. The fraction of sp³-hybridized carbons (Fsp3) is 0.625. The van der Waals surface area contributed by atoms with Crippen molar-refractivity contribution in [3.63, 3.8) is 0 Å². The zero-order valence-corrected chi connectivity index (χ0v) is 11.9. The number of nitrogens with one attached hydrogen (secondary N) is 1. The maximum Gasteiger partial charge on any atom is 0.0367 e. The van der Waals surface area contributed by atoms with Gasteiger partial charge in [0, 0.05) is 38.4 Å². The molecule has 2 fully saturated rings. The summed E-state index contributed by atoms with van der Waals surface area (Å²) in [6.45, 7) is 10.8. The van der Waals surface area contributed by atoms with Crippen LogP contribution in [0.1, 0.15) is 6.92 Å². The average Bonchev–Trinajstić information content (AvgIpc) is 2.86. The molecule has 0 amide bonds. The fourth-order valence-electron chi connectivity index (χ4n) is 3.27. The van der Waals surface area contributed by atoms with E-state index in [9.17, 15) is 0 Å². The number of para-hydroxylation sites is 1. The summed E-state index contributed by atoms with van der Waals surface area (Å²) in [4.78, 5) is 5.15. The molecule has 0 aromatic heterocycles. The van der Waals surface area contributed by atoms with Crippen molar-refractivity contribution >= 4 is 5.69 Å². The van der Waals surface area contributed by atoms with E-state index < -0.39 is 0 Å². The Morgan fingerprint density at radius 1 is 1.05 bits per heavy atom. The molecule has 3 rings (SSSR count). The van der Waals surface area contributed by atoms with Crippen LogP contribution in [0.2, 0.25) is 0 Å². The van der Waals surface area contributed by atoms with Crippen LogP contribution in [0.4, 0.5) is 5.69 Å². The molecule has 19 heavy (non-hydrogen) atoms. The normalized spacial score (nSPS) is 28.8. The lowest BCUT2D eigenvalue weighted by molar-refractivity contribution is 0.208. The lowest BCUT2D eigenvalue weighted by Crippen LogP contribution is -2.48. The van der Waals surface area contributed by atoms with Crippen molar-refractivity contribution in [2.45, 2.75) is 6.92 Å². The maximum atomic E-state index is 3.51. The van der Waals surface area contributed by atoms with Gasteiger partial charge in [0.25, 0.3) is 0 Å². The van der Waals surface area contributed by atoms with Gasteiger partial charge in [0.15, 0.2) is 0 Å². The summed E-state index contributed by atoms with van der Waals surface area (Å²) in [7, 11) is 0. The first kappa shape index (κ1) is 12.9. The van der Waals surface area contributed by atoms with Crippen LogP contribution in [0.25, 0.3) is 0 Å². The summed E-state index contributed by atoms with van der Waals surface area (Å²) >= 11 is 0. The highest BCUT2D eigenvalue weighted by atomic mass is 15.3. The molecule has 0 saturated carbocycles. The molecule has 2 aliphatic heterocycles. The van der Waals surface area contributed by atoms with E-state index in [1.807, 2.05) is 0 Å². The highest BCUT2D eigenvalue weighted by Crippen LogP contribution is 2.20. The first-order valence-electron chi connectivity index (χ1n) is 7.56. The van der Waals surface area contributed by atoms with E-state index in [1.165, 1.54) is 51.5 Å². The van der Waals surface area contributed by atoms with Gasteiger partial charge in [0.2, 0.25) is 0 Å². The van der Waals surface area contributed by atoms with Gasteiger partial charge >= 0.3 is 0 Å². The third-order valence-corrected chi connectivity index (χ3v) is 4.66. The van der Waals surface area contributed by atoms with E-state index in [0.717, 1.165) is 11.8 Å². The van der Waals surface area contributed by atoms with E-state index in [2.05, 4.69) is 52.4 Å². The summed E-state index contributed by atoms with van der Waals surface area (Å²) in [6.07, 6.45) is 0. The minimum atomic E-state index is 0.840. The Hall–Kier alpha value is -1.06. The van der Waals surface area contributed by atoms with E-state index in [0.29, 0.717) is 0 Å². The largest absolute Gasteiger partial charge is 0.369 e. The Morgan fingerprint density at radius 2 is 1.79 bits per heavy atom. The number of piperazine rings is 1. The van der Waals surface area contributed by atoms with Gasteiger partial charge in [-0.3, -0.25) is 4.90 Å². The molecule has 2 heterocycles. The molecule has 0 aliphatic carbocycles. The van der Waals surface area contributed by atoms with Crippen molar-refractivity contribution in [2.24, 2.45) is 11.8 Å². The van der Waals surface area contributed by atoms with Crippen molar-refractivity contribution in [1.29, 1.82) is 0 Å². The lowest BCUT2D eigenvalue weighted by atomic mass is 9.97. The number of nitrogens with zero attached hydrogens (tertiary/aromatic N) is 2. The molecule has 0 spiro atoms. The molecule has 1 aromatic carbocycles. The first-order chi connectivity index (χ1) is 9.33. The zero-order chi connectivity index (χ0) is 13.1. The first-order valence-corrected chi connectivity index (χ1v) is 7.56. The topological polar surface area (TPSA) is 18.5 Å².